The van der Waals surface area contributed by atoms with E-state index in [2.05, 4.69) is 27.7 Å². The first-order valence-electron chi connectivity index (χ1n) is 8.80. The Morgan fingerprint density at radius 2 is 2.11 bits per heavy atom. The summed E-state index contributed by atoms with van der Waals surface area (Å²) in [4.78, 5) is 12.3. The van der Waals surface area contributed by atoms with E-state index in [9.17, 15) is 4.79 Å². The van der Waals surface area contributed by atoms with Crippen molar-refractivity contribution in [3.8, 4) is 0 Å². The zero-order valence-corrected chi connectivity index (χ0v) is 16.0. The van der Waals surface area contributed by atoms with Crippen molar-refractivity contribution in [3.63, 3.8) is 0 Å². The van der Waals surface area contributed by atoms with Crippen molar-refractivity contribution in [2.24, 2.45) is 5.10 Å². The number of benzene rings is 1. The lowest BCUT2D eigenvalue weighted by atomic mass is 9.93. The Morgan fingerprint density at radius 1 is 1.33 bits per heavy atom. The van der Waals surface area contributed by atoms with E-state index in [0.717, 1.165) is 47.5 Å². The fraction of sp³-hybridized carbons (Fsp3) is 0.250. The van der Waals surface area contributed by atoms with E-state index in [1.54, 1.807) is 6.08 Å². The Balaban J connectivity index is 1.76. The second kappa shape index (κ2) is 8.64. The Kier molecular flexibility index (Phi) is 6.03. The monoisotopic (exact) mass is 382 g/mol. The molecule has 140 valence electrons. The molecule has 1 aliphatic carbocycles. The number of thiocarbonyl (C=S) groups is 1. The largest absolute Gasteiger partial charge is 0.455 e. The minimum Gasteiger partial charge on any atom is -0.455 e. The van der Waals surface area contributed by atoms with E-state index in [4.69, 9.17) is 16.6 Å². The highest BCUT2D eigenvalue weighted by atomic mass is 32.1. The molecule has 0 saturated heterocycles. The van der Waals surface area contributed by atoms with Gasteiger partial charge in [0.25, 0.3) is 5.91 Å². The van der Waals surface area contributed by atoms with E-state index in [0.29, 0.717) is 17.4 Å². The van der Waals surface area contributed by atoms with Gasteiger partial charge in [0.2, 0.25) is 0 Å². The van der Waals surface area contributed by atoms with Crippen LogP contribution >= 0.6 is 12.2 Å². The number of hydrazone groups is 1. The third-order valence-corrected chi connectivity index (χ3v) is 4.46. The van der Waals surface area contributed by atoms with Gasteiger partial charge in [0, 0.05) is 29.8 Å². The van der Waals surface area contributed by atoms with Crippen molar-refractivity contribution < 1.29 is 9.21 Å². The lowest BCUT2D eigenvalue weighted by Crippen LogP contribution is -2.26. The van der Waals surface area contributed by atoms with Gasteiger partial charge in [0.05, 0.1) is 5.71 Å². The zero-order chi connectivity index (χ0) is 19.2. The number of carbonyl (C=O) groups excluding carboxylic acids is 1. The smallest absolute Gasteiger partial charge is 0.287 e. The molecule has 3 rings (SSSR count). The summed E-state index contributed by atoms with van der Waals surface area (Å²) in [6.45, 7) is 5.88. The molecule has 0 fully saturated rings. The average molecular weight is 382 g/mol. The topological polar surface area (TPSA) is 78.7 Å². The highest BCUT2D eigenvalue weighted by Gasteiger charge is 2.27. The third-order valence-electron chi connectivity index (χ3n) is 4.26. The number of carbonyl (C=O) groups is 1. The lowest BCUT2D eigenvalue weighted by Gasteiger charge is -2.14. The lowest BCUT2D eigenvalue weighted by molar-refractivity contribution is 0.0927. The average Bonchev–Trinajstić information content (AvgIpc) is 3.02. The fourth-order valence-corrected chi connectivity index (χ4v) is 3.20. The molecule has 1 aromatic carbocycles. The third kappa shape index (κ3) is 4.43. The highest BCUT2D eigenvalue weighted by molar-refractivity contribution is 7.80. The second-order valence-corrected chi connectivity index (χ2v) is 6.61. The molecule has 0 unspecified atom stereocenters. The molecule has 0 spiro atoms. The second-order valence-electron chi connectivity index (χ2n) is 6.20. The van der Waals surface area contributed by atoms with Crippen LogP contribution in [0.3, 0.4) is 0 Å². The van der Waals surface area contributed by atoms with Crippen molar-refractivity contribution in [2.75, 3.05) is 11.9 Å². The van der Waals surface area contributed by atoms with Crippen molar-refractivity contribution in [1.82, 2.24) is 10.7 Å². The van der Waals surface area contributed by atoms with Gasteiger partial charge in [-0.05, 0) is 44.1 Å². The molecule has 1 heterocycles. The predicted molar refractivity (Wildman–Crippen MR) is 111 cm³/mol. The Hall–Kier alpha value is -2.93. The van der Waals surface area contributed by atoms with Crippen LogP contribution in [0.4, 0.5) is 5.69 Å². The Labute approximate surface area is 163 Å². The van der Waals surface area contributed by atoms with E-state index in [-0.39, 0.29) is 5.91 Å². The molecular formula is C20H22N4O2S. The van der Waals surface area contributed by atoms with Crippen molar-refractivity contribution in [3.05, 3.63) is 65.6 Å². The number of para-hydroxylation sites is 1. The predicted octanol–water partition coefficient (Wildman–Crippen LogP) is 3.53. The minimum absolute atomic E-state index is 0.240. The summed E-state index contributed by atoms with van der Waals surface area (Å²) in [5.74, 6) is 0.891. The van der Waals surface area contributed by atoms with Gasteiger partial charge < -0.3 is 15.1 Å². The van der Waals surface area contributed by atoms with Crippen LogP contribution in [0.2, 0.25) is 0 Å². The number of nitrogens with zero attached hydrogens (tertiary/aromatic N) is 1. The molecule has 1 aromatic heterocycles. The van der Waals surface area contributed by atoms with Crippen LogP contribution in [0.25, 0.3) is 0 Å². The van der Waals surface area contributed by atoms with E-state index < -0.39 is 0 Å². The van der Waals surface area contributed by atoms with Gasteiger partial charge in [-0.25, -0.2) is 0 Å². The maximum absolute atomic E-state index is 12.3. The Morgan fingerprint density at radius 3 is 2.85 bits per heavy atom. The molecule has 6 nitrogen and oxygen atoms in total. The molecule has 27 heavy (non-hydrogen) atoms. The molecule has 1 amide bonds. The number of nitrogens with one attached hydrogen (secondary N) is 3. The van der Waals surface area contributed by atoms with Crippen molar-refractivity contribution in [1.29, 1.82) is 0 Å². The van der Waals surface area contributed by atoms with Gasteiger partial charge in [0.15, 0.2) is 10.9 Å². The van der Waals surface area contributed by atoms with Gasteiger partial charge in [0.1, 0.15) is 5.76 Å². The molecule has 0 bridgehead atoms. The number of furan rings is 1. The first-order chi connectivity index (χ1) is 13.1. The quantitative estimate of drug-likeness (QED) is 0.419. The zero-order valence-electron chi connectivity index (χ0n) is 15.2. The van der Waals surface area contributed by atoms with E-state index in [1.807, 2.05) is 37.3 Å². The SMILES string of the molecule is C=CCNC(=O)c1oc2c(c1C)/C(=N/NC(=S)Nc1ccccc1)CCC2. The summed E-state index contributed by atoms with van der Waals surface area (Å²) in [6, 6.07) is 9.65. The number of hydrogen-bond donors (Lipinski definition) is 3. The minimum atomic E-state index is -0.240. The number of amides is 1. The van der Waals surface area contributed by atoms with Crippen LogP contribution < -0.4 is 16.1 Å². The highest BCUT2D eigenvalue weighted by Crippen LogP contribution is 2.29. The number of rotatable bonds is 5. The maximum atomic E-state index is 12.3. The van der Waals surface area contributed by atoms with Crippen LogP contribution in [0.1, 0.15) is 40.3 Å². The molecule has 2 aromatic rings. The summed E-state index contributed by atoms with van der Waals surface area (Å²) in [6.07, 6.45) is 4.12. The number of fused-ring (bicyclic) bond motifs is 1. The molecule has 0 radical (unpaired) electrons. The van der Waals surface area contributed by atoms with Crippen LogP contribution in [-0.4, -0.2) is 23.3 Å². The standard InChI is InChI=1S/C20H22N4O2S/c1-3-12-21-19(25)18-13(2)17-15(10-7-11-16(17)26-18)23-24-20(27)22-14-8-5-4-6-9-14/h3-6,8-9H,1,7,10-12H2,2H3,(H,21,25)(H2,22,24,27)/b23-15+. The van der Waals surface area contributed by atoms with Gasteiger partial charge in [-0.2, -0.15) is 5.10 Å². The fourth-order valence-electron chi connectivity index (χ4n) is 3.04. The summed E-state index contributed by atoms with van der Waals surface area (Å²) in [5, 5.41) is 10.7. The van der Waals surface area contributed by atoms with Crippen LogP contribution in [0.5, 0.6) is 0 Å². The maximum Gasteiger partial charge on any atom is 0.287 e. The van der Waals surface area contributed by atoms with Gasteiger partial charge in [-0.1, -0.05) is 24.3 Å². The molecular weight excluding hydrogens is 360 g/mol. The summed E-state index contributed by atoms with van der Waals surface area (Å²) < 4.78 is 5.83. The van der Waals surface area contributed by atoms with Gasteiger partial charge in [-0.3, -0.25) is 10.2 Å². The molecule has 7 heteroatoms. The van der Waals surface area contributed by atoms with Crippen LogP contribution in [0.15, 0.2) is 52.5 Å². The number of hydrogen-bond acceptors (Lipinski definition) is 4. The Bertz CT molecular complexity index is 887. The molecule has 0 aliphatic heterocycles. The summed E-state index contributed by atoms with van der Waals surface area (Å²) >= 11 is 5.30. The first kappa shape index (κ1) is 18.8. The van der Waals surface area contributed by atoms with Gasteiger partial charge >= 0.3 is 0 Å². The van der Waals surface area contributed by atoms with Crippen LogP contribution in [0, 0.1) is 6.92 Å². The van der Waals surface area contributed by atoms with Crippen LogP contribution in [-0.2, 0) is 6.42 Å². The number of aryl methyl sites for hydroxylation is 1. The molecule has 1 aliphatic rings. The first-order valence-corrected chi connectivity index (χ1v) is 9.21. The van der Waals surface area contributed by atoms with Crippen molar-refractivity contribution >= 4 is 34.6 Å². The van der Waals surface area contributed by atoms with Gasteiger partial charge in [-0.15, -0.1) is 6.58 Å². The molecule has 0 saturated carbocycles. The van der Waals surface area contributed by atoms with E-state index >= 15 is 0 Å². The summed E-state index contributed by atoms with van der Waals surface area (Å²) in [5.41, 5.74) is 6.33. The normalized spacial score (nSPS) is 14.3. The van der Waals surface area contributed by atoms with Crippen molar-refractivity contribution in [2.45, 2.75) is 26.2 Å². The number of anilines is 1. The molecule has 0 atom stereocenters. The summed E-state index contributed by atoms with van der Waals surface area (Å²) in [7, 11) is 0. The molecule has 3 N–H and O–H groups in total. The van der Waals surface area contributed by atoms with E-state index in [1.165, 1.54) is 0 Å².